The molecule has 0 aliphatic carbocycles. The van der Waals surface area contributed by atoms with Gasteiger partial charge in [-0.15, -0.1) is 0 Å². The first-order valence-corrected chi connectivity index (χ1v) is 22.5. The van der Waals surface area contributed by atoms with Gasteiger partial charge in [0.15, 0.2) is 16.6 Å². The molecule has 0 saturated carbocycles. The molecule has 0 aromatic rings. The van der Waals surface area contributed by atoms with Crippen molar-refractivity contribution in [3.63, 3.8) is 0 Å². The Bertz CT molecular complexity index is 386. The van der Waals surface area contributed by atoms with Gasteiger partial charge in [0.1, 0.15) is 0 Å². The van der Waals surface area contributed by atoms with E-state index in [1.54, 1.807) is 0 Å². The van der Waals surface area contributed by atoms with E-state index in [1.807, 2.05) is 0 Å². The molecule has 0 rings (SSSR count). The number of hydrogen-bond donors (Lipinski definition) is 0. The van der Waals surface area contributed by atoms with Gasteiger partial charge in [0.05, 0.1) is 0 Å². The van der Waals surface area contributed by atoms with Crippen molar-refractivity contribution in [2.75, 3.05) is 0 Å². The Kier molecular flexibility index (Phi) is 16.5. The maximum absolute atomic E-state index is 6.72. The van der Waals surface area contributed by atoms with Gasteiger partial charge in [0.2, 0.25) is 0 Å². The summed E-state index contributed by atoms with van der Waals surface area (Å²) in [7, 11) is -5.27. The highest BCUT2D eigenvalue weighted by atomic mass is 28.5. The van der Waals surface area contributed by atoms with Gasteiger partial charge >= 0.3 is 8.56 Å². The smallest absolute Gasteiger partial charge is 0.317 e. The van der Waals surface area contributed by atoms with E-state index in [0.717, 1.165) is 0 Å². The lowest BCUT2D eigenvalue weighted by molar-refractivity contribution is 0.359. The van der Waals surface area contributed by atoms with Crippen molar-refractivity contribution >= 4 is 25.2 Å². The summed E-state index contributed by atoms with van der Waals surface area (Å²) in [5.41, 5.74) is 0.591. The molecule has 0 bridgehead atoms. The molecule has 5 heteroatoms. The van der Waals surface area contributed by atoms with Crippen LogP contribution >= 0.6 is 0 Å². The molecule has 0 aromatic carbocycles. The SMILES string of the molecule is CCCCCCCCCCCCCCCCC(C)[Si](C)(O[Si](C)(C)C)O[Si](C)(C)C. The monoisotopic (exact) mass is 474 g/mol. The molecule has 0 radical (unpaired) electrons. The standard InChI is InChI=1S/C25H58O2Si3/c1-10-11-12-13-14-15-16-17-18-19-20-21-22-23-24-25(2)30(9,26-28(3,4)5)27-29(6,7)8/h25H,10-24H2,1-9H3. The van der Waals surface area contributed by atoms with Crippen molar-refractivity contribution in [1.82, 2.24) is 0 Å². The van der Waals surface area contributed by atoms with Gasteiger partial charge in [-0.1, -0.05) is 104 Å². The minimum absolute atomic E-state index is 0.591. The molecule has 0 heterocycles. The van der Waals surface area contributed by atoms with Gasteiger partial charge < -0.3 is 8.23 Å². The van der Waals surface area contributed by atoms with E-state index in [-0.39, 0.29) is 0 Å². The summed E-state index contributed by atoms with van der Waals surface area (Å²) in [6, 6.07) is 0. The lowest BCUT2D eigenvalue weighted by Gasteiger charge is -2.42. The van der Waals surface area contributed by atoms with Crippen molar-refractivity contribution in [1.29, 1.82) is 0 Å². The van der Waals surface area contributed by atoms with Crippen molar-refractivity contribution in [2.24, 2.45) is 0 Å². The van der Waals surface area contributed by atoms with Crippen LogP contribution < -0.4 is 0 Å². The van der Waals surface area contributed by atoms with Crippen molar-refractivity contribution in [2.45, 2.75) is 162 Å². The number of unbranched alkanes of at least 4 members (excludes halogenated alkanes) is 13. The van der Waals surface area contributed by atoms with Crippen LogP contribution in [0, 0.1) is 0 Å². The molecule has 0 spiro atoms. The molecule has 0 aliphatic heterocycles. The fourth-order valence-electron chi connectivity index (χ4n) is 4.35. The maximum atomic E-state index is 6.72. The van der Waals surface area contributed by atoms with E-state index in [2.05, 4.69) is 59.7 Å². The van der Waals surface area contributed by atoms with Crippen LogP contribution in [-0.2, 0) is 8.23 Å². The minimum atomic E-state index is -2.11. The molecular formula is C25H58O2Si3. The van der Waals surface area contributed by atoms with E-state index in [4.69, 9.17) is 8.23 Å². The van der Waals surface area contributed by atoms with E-state index >= 15 is 0 Å². The molecule has 0 aliphatic rings. The van der Waals surface area contributed by atoms with E-state index in [0.29, 0.717) is 5.54 Å². The van der Waals surface area contributed by atoms with Crippen LogP contribution in [0.4, 0.5) is 0 Å². The zero-order chi connectivity index (χ0) is 23.1. The summed E-state index contributed by atoms with van der Waals surface area (Å²) in [5, 5.41) is 0. The minimum Gasteiger partial charge on any atom is -0.436 e. The van der Waals surface area contributed by atoms with Crippen LogP contribution in [0.15, 0.2) is 0 Å². The van der Waals surface area contributed by atoms with Crippen molar-refractivity contribution in [3.05, 3.63) is 0 Å². The molecule has 0 N–H and O–H groups in total. The predicted molar refractivity (Wildman–Crippen MR) is 145 cm³/mol. The predicted octanol–water partition coefficient (Wildman–Crippen LogP) is 10.0. The molecule has 182 valence electrons. The molecule has 0 saturated heterocycles. The first-order chi connectivity index (χ1) is 13.9. The average molecular weight is 475 g/mol. The van der Waals surface area contributed by atoms with Crippen LogP contribution in [0.5, 0.6) is 0 Å². The van der Waals surface area contributed by atoms with Gasteiger partial charge in [-0.3, -0.25) is 0 Å². The summed E-state index contributed by atoms with van der Waals surface area (Å²) in [6.07, 6.45) is 21.3. The lowest BCUT2D eigenvalue weighted by Crippen LogP contribution is -2.54. The van der Waals surface area contributed by atoms with Crippen molar-refractivity contribution < 1.29 is 8.23 Å². The normalized spacial score (nSPS) is 14.3. The summed E-state index contributed by atoms with van der Waals surface area (Å²) in [4.78, 5) is 0. The third kappa shape index (κ3) is 18.2. The second-order valence-electron chi connectivity index (χ2n) is 11.7. The average Bonchev–Trinajstić information content (AvgIpc) is 2.58. The molecule has 1 atom stereocenters. The summed E-state index contributed by atoms with van der Waals surface area (Å²) in [6.45, 7) is 20.9. The zero-order valence-corrected chi connectivity index (χ0v) is 25.5. The topological polar surface area (TPSA) is 18.5 Å². The van der Waals surface area contributed by atoms with Gasteiger partial charge in [0, 0.05) is 0 Å². The summed E-state index contributed by atoms with van der Waals surface area (Å²) < 4.78 is 13.4. The Morgan fingerprint density at radius 2 is 0.800 bits per heavy atom. The van der Waals surface area contributed by atoms with Gasteiger partial charge in [0.25, 0.3) is 0 Å². The first-order valence-electron chi connectivity index (χ1n) is 13.3. The second-order valence-corrected chi connectivity index (χ2v) is 24.8. The van der Waals surface area contributed by atoms with E-state index in [1.165, 1.54) is 96.3 Å². The highest BCUT2D eigenvalue weighted by molar-refractivity contribution is 6.88. The summed E-state index contributed by atoms with van der Waals surface area (Å²) in [5.74, 6) is 0. The number of hydrogen-bond acceptors (Lipinski definition) is 2. The molecule has 1 unspecified atom stereocenters. The Morgan fingerprint density at radius 1 is 0.500 bits per heavy atom. The highest BCUT2D eigenvalue weighted by Crippen LogP contribution is 2.34. The molecule has 2 nitrogen and oxygen atoms in total. The molecule has 0 amide bonds. The van der Waals surface area contributed by atoms with Crippen LogP contribution in [0.3, 0.4) is 0 Å². The fraction of sp³-hybridized carbons (Fsp3) is 1.00. The Labute approximate surface area is 194 Å². The van der Waals surface area contributed by atoms with Crippen LogP contribution in [0.1, 0.15) is 110 Å². The molecule has 30 heavy (non-hydrogen) atoms. The highest BCUT2D eigenvalue weighted by Gasteiger charge is 2.44. The zero-order valence-electron chi connectivity index (χ0n) is 22.5. The van der Waals surface area contributed by atoms with Crippen LogP contribution in [0.2, 0.25) is 51.4 Å². The largest absolute Gasteiger partial charge is 0.436 e. The first kappa shape index (κ1) is 30.6. The maximum Gasteiger partial charge on any atom is 0.317 e. The van der Waals surface area contributed by atoms with E-state index in [9.17, 15) is 0 Å². The van der Waals surface area contributed by atoms with Gasteiger partial charge in [-0.25, -0.2) is 0 Å². The lowest BCUT2D eigenvalue weighted by atomic mass is 10.0. The van der Waals surface area contributed by atoms with Gasteiger partial charge in [-0.05, 0) is 57.8 Å². The third-order valence-electron chi connectivity index (χ3n) is 5.90. The summed E-state index contributed by atoms with van der Waals surface area (Å²) >= 11 is 0. The van der Waals surface area contributed by atoms with E-state index < -0.39 is 25.2 Å². The Hall–Kier alpha value is 0.571. The second kappa shape index (κ2) is 16.2. The van der Waals surface area contributed by atoms with Crippen LogP contribution in [-0.4, -0.2) is 25.2 Å². The molecular weight excluding hydrogens is 417 g/mol. The quantitative estimate of drug-likeness (QED) is 0.129. The Morgan fingerprint density at radius 3 is 1.10 bits per heavy atom. The molecule has 0 fully saturated rings. The third-order valence-corrected chi connectivity index (χ3v) is 16.1. The fourth-order valence-corrected chi connectivity index (χ4v) is 17.0. The Balaban J connectivity index is 3.89. The van der Waals surface area contributed by atoms with Gasteiger partial charge in [-0.2, -0.15) is 0 Å². The van der Waals surface area contributed by atoms with Crippen LogP contribution in [0.25, 0.3) is 0 Å². The molecule has 0 aromatic heterocycles. The number of rotatable bonds is 20. The van der Waals surface area contributed by atoms with Crippen molar-refractivity contribution in [3.8, 4) is 0 Å².